The molecule has 0 saturated heterocycles. The second-order valence-electron chi connectivity index (χ2n) is 9.07. The van der Waals surface area contributed by atoms with E-state index in [1.165, 1.54) is 5.57 Å². The molecule has 0 radical (unpaired) electrons. The summed E-state index contributed by atoms with van der Waals surface area (Å²) in [4.78, 5) is 0. The zero-order chi connectivity index (χ0) is 23.9. The summed E-state index contributed by atoms with van der Waals surface area (Å²) in [5.41, 5.74) is 4.09. The lowest BCUT2D eigenvalue weighted by molar-refractivity contribution is 0.387. The number of aryl methyl sites for hydroxylation is 1. The summed E-state index contributed by atoms with van der Waals surface area (Å²) in [5.74, 6) is 0.847. The van der Waals surface area contributed by atoms with E-state index in [9.17, 15) is 9.67 Å². The van der Waals surface area contributed by atoms with Crippen LogP contribution in [0.15, 0.2) is 35.9 Å². The molecule has 0 aliphatic heterocycles. The van der Waals surface area contributed by atoms with E-state index in [-0.39, 0.29) is 17.6 Å². The Labute approximate surface area is 203 Å². The number of benzene rings is 1. The van der Waals surface area contributed by atoms with Gasteiger partial charge in [-0.05, 0) is 77.2 Å². The molecule has 0 bridgehead atoms. The summed E-state index contributed by atoms with van der Waals surface area (Å²) in [6, 6.07) is 3.83. The van der Waals surface area contributed by atoms with Crippen LogP contribution in [0, 0.1) is 5.92 Å². The van der Waals surface area contributed by atoms with Gasteiger partial charge in [-0.1, -0.05) is 59.5 Å². The van der Waals surface area contributed by atoms with Gasteiger partial charge in [0.25, 0.3) is 0 Å². The fourth-order valence-corrected chi connectivity index (χ4v) is 6.11. The maximum absolute atomic E-state index is 13.7. The molecule has 1 unspecified atom stereocenters. The van der Waals surface area contributed by atoms with Gasteiger partial charge in [0.15, 0.2) is 0 Å². The predicted molar refractivity (Wildman–Crippen MR) is 139 cm³/mol. The fourth-order valence-electron chi connectivity index (χ4n) is 4.28. The Bertz CT molecular complexity index is 869. The van der Waals surface area contributed by atoms with Crippen LogP contribution in [0.4, 0.5) is 0 Å². The zero-order valence-corrected chi connectivity index (χ0v) is 22.8. The van der Waals surface area contributed by atoms with Crippen molar-refractivity contribution in [2.24, 2.45) is 5.92 Å². The summed E-state index contributed by atoms with van der Waals surface area (Å²) in [5, 5.41) is 14.9. The minimum Gasteiger partial charge on any atom is -0.507 e. The van der Waals surface area contributed by atoms with E-state index in [1.807, 2.05) is 19.1 Å². The SMILES string of the molecule is C=C(C)[C@@H]1CCC(C)=C[C@H]1c1c(O)cc(CCCCC)cc1OP(=O)(NCCBr)N(C)C. The van der Waals surface area contributed by atoms with E-state index in [1.54, 1.807) is 18.8 Å². The third kappa shape index (κ3) is 6.96. The van der Waals surface area contributed by atoms with E-state index in [0.29, 0.717) is 23.2 Å². The first-order chi connectivity index (χ1) is 15.1. The number of aromatic hydroxyl groups is 1. The monoisotopic (exact) mass is 526 g/mol. The van der Waals surface area contributed by atoms with Gasteiger partial charge in [-0.25, -0.2) is 14.3 Å². The van der Waals surface area contributed by atoms with Crippen molar-refractivity contribution in [2.75, 3.05) is 26.0 Å². The summed E-state index contributed by atoms with van der Waals surface area (Å²) in [6.45, 7) is 11.1. The van der Waals surface area contributed by atoms with Crippen LogP contribution in [0.1, 0.15) is 69.9 Å². The molecule has 0 fully saturated rings. The second-order valence-corrected chi connectivity index (χ2v) is 12.2. The average molecular weight is 527 g/mol. The minimum absolute atomic E-state index is 0.0623. The molecule has 7 heteroatoms. The van der Waals surface area contributed by atoms with Gasteiger partial charge in [0, 0.05) is 23.4 Å². The van der Waals surface area contributed by atoms with Crippen LogP contribution in [-0.2, 0) is 11.0 Å². The van der Waals surface area contributed by atoms with Gasteiger partial charge < -0.3 is 9.63 Å². The average Bonchev–Trinajstić information content (AvgIpc) is 2.72. The molecule has 0 heterocycles. The van der Waals surface area contributed by atoms with Crippen LogP contribution in [0.3, 0.4) is 0 Å². The number of alkyl halides is 1. The highest BCUT2D eigenvalue weighted by Gasteiger charge is 2.34. The Kier molecular flexibility index (Phi) is 10.5. The molecule has 3 atom stereocenters. The molecule has 180 valence electrons. The van der Waals surface area contributed by atoms with E-state index >= 15 is 0 Å². The Balaban J connectivity index is 2.60. The number of allylic oxidation sites excluding steroid dienone is 3. The Hall–Kier alpha value is -1.07. The molecule has 1 aromatic rings. The standard InChI is InChI=1S/C25H40BrN2O3P/c1-7-8-9-10-20-16-23(29)25(22-15-19(4)11-12-21(22)18(2)3)24(17-20)31-32(30,28(5)6)27-14-13-26/h15-17,21-22,29H,2,7-14H2,1,3-6H3,(H,27,30)/t21-,22+,32?/m0/s1. The third-order valence-electron chi connectivity index (χ3n) is 6.12. The number of nitrogens with zero attached hydrogens (tertiary/aromatic N) is 1. The lowest BCUT2D eigenvalue weighted by Gasteiger charge is -2.33. The van der Waals surface area contributed by atoms with Crippen molar-refractivity contribution in [3.05, 3.63) is 47.1 Å². The number of rotatable bonds is 12. The largest absolute Gasteiger partial charge is 0.507 e. The lowest BCUT2D eigenvalue weighted by Crippen LogP contribution is -2.27. The molecule has 2 N–H and O–H groups in total. The number of halogens is 1. The van der Waals surface area contributed by atoms with Gasteiger partial charge in [-0.3, -0.25) is 0 Å². The first-order valence-electron chi connectivity index (χ1n) is 11.6. The number of phenols is 1. The van der Waals surface area contributed by atoms with Crippen LogP contribution in [0.5, 0.6) is 11.5 Å². The Morgan fingerprint density at radius 3 is 2.69 bits per heavy atom. The predicted octanol–water partition coefficient (Wildman–Crippen LogP) is 7.17. The van der Waals surface area contributed by atoms with Crippen molar-refractivity contribution in [1.82, 2.24) is 9.76 Å². The van der Waals surface area contributed by atoms with Gasteiger partial charge in [0.1, 0.15) is 11.5 Å². The van der Waals surface area contributed by atoms with Gasteiger partial charge in [0.05, 0.1) is 0 Å². The number of nitrogens with one attached hydrogen (secondary N) is 1. The topological polar surface area (TPSA) is 61.8 Å². The summed E-state index contributed by atoms with van der Waals surface area (Å²) < 4.78 is 21.6. The molecule has 1 aromatic carbocycles. The molecule has 32 heavy (non-hydrogen) atoms. The van der Waals surface area contributed by atoms with Crippen molar-refractivity contribution < 1.29 is 14.2 Å². The molecule has 1 aliphatic rings. The van der Waals surface area contributed by atoms with Gasteiger partial charge >= 0.3 is 7.67 Å². The summed E-state index contributed by atoms with van der Waals surface area (Å²) >= 11 is 3.39. The summed E-state index contributed by atoms with van der Waals surface area (Å²) in [7, 11) is 0.149. The Morgan fingerprint density at radius 1 is 1.38 bits per heavy atom. The normalized spacial score (nSPS) is 20.7. The van der Waals surface area contributed by atoms with Crippen LogP contribution in [0.2, 0.25) is 0 Å². The summed E-state index contributed by atoms with van der Waals surface area (Å²) in [6.07, 6.45) is 8.36. The molecule has 2 rings (SSSR count). The van der Waals surface area contributed by atoms with Crippen molar-refractivity contribution in [1.29, 1.82) is 0 Å². The quantitative estimate of drug-likeness (QED) is 0.131. The Morgan fingerprint density at radius 2 is 2.09 bits per heavy atom. The number of hydrogen-bond acceptors (Lipinski definition) is 3. The maximum Gasteiger partial charge on any atom is 0.392 e. The lowest BCUT2D eigenvalue weighted by atomic mass is 9.73. The number of hydrogen-bond donors (Lipinski definition) is 2. The van der Waals surface area contributed by atoms with Crippen molar-refractivity contribution in [3.63, 3.8) is 0 Å². The van der Waals surface area contributed by atoms with Gasteiger partial charge in [0.2, 0.25) is 0 Å². The maximum atomic E-state index is 13.7. The highest BCUT2D eigenvalue weighted by Crippen LogP contribution is 2.52. The minimum atomic E-state index is -3.34. The van der Waals surface area contributed by atoms with Crippen LogP contribution in [-0.4, -0.2) is 35.7 Å². The fraction of sp³-hybridized carbons (Fsp3) is 0.600. The van der Waals surface area contributed by atoms with Gasteiger partial charge in [-0.15, -0.1) is 0 Å². The van der Waals surface area contributed by atoms with Crippen LogP contribution < -0.4 is 9.61 Å². The van der Waals surface area contributed by atoms with E-state index in [2.05, 4.69) is 47.5 Å². The van der Waals surface area contributed by atoms with E-state index < -0.39 is 7.67 Å². The smallest absolute Gasteiger partial charge is 0.392 e. The first-order valence-corrected chi connectivity index (χ1v) is 14.3. The third-order valence-corrected chi connectivity index (χ3v) is 8.63. The van der Waals surface area contributed by atoms with Crippen molar-refractivity contribution in [3.8, 4) is 11.5 Å². The molecule has 0 saturated carbocycles. The van der Waals surface area contributed by atoms with Crippen LogP contribution in [0.25, 0.3) is 0 Å². The second kappa shape index (κ2) is 12.4. The molecule has 5 nitrogen and oxygen atoms in total. The zero-order valence-electron chi connectivity index (χ0n) is 20.3. The van der Waals surface area contributed by atoms with Gasteiger partial charge in [-0.2, -0.15) is 0 Å². The van der Waals surface area contributed by atoms with Crippen molar-refractivity contribution in [2.45, 2.75) is 65.2 Å². The highest BCUT2D eigenvalue weighted by atomic mass is 79.9. The highest BCUT2D eigenvalue weighted by molar-refractivity contribution is 9.09. The number of unbranched alkanes of at least 4 members (excludes halogenated alkanes) is 2. The van der Waals surface area contributed by atoms with Crippen molar-refractivity contribution >= 4 is 23.6 Å². The number of phenolic OH excluding ortho intramolecular Hbond substituents is 1. The molecule has 0 aromatic heterocycles. The molecule has 1 aliphatic carbocycles. The molecule has 0 amide bonds. The van der Waals surface area contributed by atoms with Crippen LogP contribution >= 0.6 is 23.6 Å². The first kappa shape index (κ1) is 27.2. The molecular formula is C25H40BrN2O3P. The molecular weight excluding hydrogens is 487 g/mol. The van der Waals surface area contributed by atoms with E-state index in [4.69, 9.17) is 4.52 Å². The molecule has 0 spiro atoms. The van der Waals surface area contributed by atoms with E-state index in [0.717, 1.165) is 49.7 Å².